The van der Waals surface area contributed by atoms with Crippen LogP contribution >= 0.6 is 0 Å². The zero-order valence-electron chi connectivity index (χ0n) is 19.4. The Kier molecular flexibility index (Phi) is 8.45. The molecule has 0 spiro atoms. The molecule has 6 nitrogen and oxygen atoms in total. The number of amides is 1. The van der Waals surface area contributed by atoms with Crippen molar-refractivity contribution in [2.24, 2.45) is 0 Å². The van der Waals surface area contributed by atoms with Gasteiger partial charge in [-0.25, -0.2) is 8.42 Å². The third-order valence-electron chi connectivity index (χ3n) is 5.81. The van der Waals surface area contributed by atoms with Gasteiger partial charge >= 0.3 is 0 Å². The summed E-state index contributed by atoms with van der Waals surface area (Å²) in [5, 5.41) is 3.01. The summed E-state index contributed by atoms with van der Waals surface area (Å²) in [5.41, 5.74) is 4.43. The van der Waals surface area contributed by atoms with Gasteiger partial charge in [0.25, 0.3) is 0 Å². The minimum absolute atomic E-state index is 0.0867. The summed E-state index contributed by atoms with van der Waals surface area (Å²) in [6, 6.07) is 15.9. The zero-order valence-corrected chi connectivity index (χ0v) is 20.2. The Balaban J connectivity index is 1.72. The first-order valence-corrected chi connectivity index (χ1v) is 13.0. The lowest BCUT2D eigenvalue weighted by Gasteiger charge is -2.33. The molecule has 1 amide bonds. The topological polar surface area (TPSA) is 69.7 Å². The monoisotopic (exact) mass is 457 g/mol. The molecule has 1 fully saturated rings. The highest BCUT2D eigenvalue weighted by molar-refractivity contribution is 7.89. The summed E-state index contributed by atoms with van der Waals surface area (Å²) in [6.45, 7) is 3.53. The largest absolute Gasteiger partial charge is 0.351 e. The number of carbonyl (C=O) groups excluding carboxylic acids is 1. The van der Waals surface area contributed by atoms with Gasteiger partial charge in [0.05, 0.1) is 5.75 Å². The van der Waals surface area contributed by atoms with Crippen LogP contribution in [0.2, 0.25) is 0 Å². The van der Waals surface area contributed by atoms with Crippen molar-refractivity contribution in [3.63, 3.8) is 0 Å². The van der Waals surface area contributed by atoms with Gasteiger partial charge in [-0.15, -0.1) is 0 Å². The maximum absolute atomic E-state index is 13.0. The first kappa shape index (κ1) is 24.4. The molecular weight excluding hydrogens is 422 g/mol. The fraction of sp³-hybridized carbons (Fsp3) is 0.480. The van der Waals surface area contributed by atoms with Gasteiger partial charge < -0.3 is 10.2 Å². The van der Waals surface area contributed by atoms with E-state index in [-0.39, 0.29) is 11.7 Å². The summed E-state index contributed by atoms with van der Waals surface area (Å²) in [4.78, 5) is 15.1. The maximum Gasteiger partial charge on any atom is 0.238 e. The van der Waals surface area contributed by atoms with Gasteiger partial charge in [-0.3, -0.25) is 4.79 Å². The van der Waals surface area contributed by atoms with Crippen LogP contribution in [0.15, 0.2) is 48.5 Å². The van der Waals surface area contributed by atoms with Crippen LogP contribution < -0.4 is 5.32 Å². The smallest absolute Gasteiger partial charge is 0.238 e. The van der Waals surface area contributed by atoms with Gasteiger partial charge in [-0.2, -0.15) is 4.31 Å². The van der Waals surface area contributed by atoms with Gasteiger partial charge in [0, 0.05) is 19.6 Å². The minimum Gasteiger partial charge on any atom is -0.351 e. The predicted molar refractivity (Wildman–Crippen MR) is 130 cm³/mol. The van der Waals surface area contributed by atoms with E-state index in [9.17, 15) is 13.2 Å². The lowest BCUT2D eigenvalue weighted by molar-refractivity contribution is -0.125. The van der Waals surface area contributed by atoms with Gasteiger partial charge in [0.2, 0.25) is 15.9 Å². The van der Waals surface area contributed by atoms with Crippen LogP contribution in [-0.4, -0.2) is 56.0 Å². The second-order valence-electron chi connectivity index (χ2n) is 8.75. The van der Waals surface area contributed by atoms with Crippen LogP contribution in [0.1, 0.15) is 43.7 Å². The van der Waals surface area contributed by atoms with Gasteiger partial charge in [0.1, 0.15) is 6.04 Å². The van der Waals surface area contributed by atoms with Crippen molar-refractivity contribution in [1.29, 1.82) is 0 Å². The molecule has 1 aliphatic heterocycles. The maximum atomic E-state index is 13.0. The van der Waals surface area contributed by atoms with Crippen molar-refractivity contribution >= 4 is 15.9 Å². The molecule has 0 bridgehead atoms. The summed E-state index contributed by atoms with van der Waals surface area (Å²) >= 11 is 0. The summed E-state index contributed by atoms with van der Waals surface area (Å²) < 4.78 is 26.7. The molecule has 2 aromatic carbocycles. The highest BCUT2D eigenvalue weighted by atomic mass is 32.2. The quantitative estimate of drug-likeness (QED) is 0.624. The summed E-state index contributed by atoms with van der Waals surface area (Å²) in [6.07, 6.45) is 2.79. The average molecular weight is 458 g/mol. The van der Waals surface area contributed by atoms with E-state index in [2.05, 4.69) is 40.5 Å². The van der Waals surface area contributed by atoms with E-state index in [1.54, 1.807) is 0 Å². The third-order valence-corrected chi connectivity index (χ3v) is 7.89. The number of carbonyl (C=O) groups is 1. The number of nitrogens with one attached hydrogen (secondary N) is 1. The minimum atomic E-state index is -3.41. The number of rotatable bonds is 9. The van der Waals surface area contributed by atoms with Crippen molar-refractivity contribution in [2.75, 3.05) is 26.4 Å². The van der Waals surface area contributed by atoms with Crippen LogP contribution in [0.25, 0.3) is 11.1 Å². The Morgan fingerprint density at radius 3 is 2.50 bits per heavy atom. The molecule has 0 radical (unpaired) electrons. The van der Waals surface area contributed by atoms with E-state index in [0.29, 0.717) is 25.9 Å². The van der Waals surface area contributed by atoms with Crippen molar-refractivity contribution in [1.82, 2.24) is 14.5 Å². The molecule has 174 valence electrons. The second-order valence-corrected chi connectivity index (χ2v) is 10.8. The zero-order chi connectivity index (χ0) is 23.1. The number of nitrogens with zero attached hydrogens (tertiary/aromatic N) is 2. The standard InChI is InChI=1S/C25H35N3O3S/c1-4-17-32(30,31)28-16-8-7-11-24(28)25(29)26-18-22-9-5-6-10-23(22)21-14-12-20(13-15-21)19-27(2)3/h5-6,9-10,12-15,24H,4,7-8,11,16-19H2,1-3H3,(H,26,29). The van der Waals surface area contributed by atoms with E-state index >= 15 is 0 Å². The van der Waals surface area contributed by atoms with Gasteiger partial charge in [-0.05, 0) is 55.6 Å². The number of sulfonamides is 1. The number of hydrogen-bond acceptors (Lipinski definition) is 4. The van der Waals surface area contributed by atoms with Crippen LogP contribution in [0.3, 0.4) is 0 Å². The second kappa shape index (κ2) is 11.1. The summed E-state index contributed by atoms with van der Waals surface area (Å²) in [5.74, 6) is -0.121. The first-order chi connectivity index (χ1) is 15.3. The van der Waals surface area contributed by atoms with Crippen LogP contribution in [0.4, 0.5) is 0 Å². The van der Waals surface area contributed by atoms with Crippen LogP contribution in [-0.2, 0) is 27.9 Å². The van der Waals surface area contributed by atoms with Crippen molar-refractivity contribution in [3.8, 4) is 11.1 Å². The molecule has 0 aliphatic carbocycles. The van der Waals surface area contributed by atoms with Crippen molar-refractivity contribution in [2.45, 2.75) is 51.7 Å². The lowest BCUT2D eigenvalue weighted by Crippen LogP contribution is -2.52. The number of benzene rings is 2. The number of piperidine rings is 1. The Morgan fingerprint density at radius 2 is 1.81 bits per heavy atom. The van der Waals surface area contributed by atoms with Gasteiger partial charge in [0.15, 0.2) is 0 Å². The Labute approximate surface area is 192 Å². The SMILES string of the molecule is CCCS(=O)(=O)N1CCCCC1C(=O)NCc1ccccc1-c1ccc(CN(C)C)cc1. The lowest BCUT2D eigenvalue weighted by atomic mass is 9.98. The highest BCUT2D eigenvalue weighted by Crippen LogP contribution is 2.25. The molecule has 7 heteroatoms. The van der Waals surface area contributed by atoms with Crippen LogP contribution in [0.5, 0.6) is 0 Å². The van der Waals surface area contributed by atoms with E-state index in [4.69, 9.17) is 0 Å². The highest BCUT2D eigenvalue weighted by Gasteiger charge is 2.36. The Bertz CT molecular complexity index is 1000. The molecule has 0 aromatic heterocycles. The van der Waals surface area contributed by atoms with E-state index in [1.165, 1.54) is 9.87 Å². The third kappa shape index (κ3) is 6.18. The summed E-state index contributed by atoms with van der Waals surface area (Å²) in [7, 11) is 0.691. The number of hydrogen-bond donors (Lipinski definition) is 1. The molecule has 1 saturated heterocycles. The Morgan fingerprint density at radius 1 is 1.09 bits per heavy atom. The molecule has 1 N–H and O–H groups in total. The molecule has 3 rings (SSSR count). The molecule has 1 aliphatic rings. The van der Waals surface area contributed by atoms with Gasteiger partial charge in [-0.1, -0.05) is 61.9 Å². The molecule has 1 heterocycles. The normalized spacial score (nSPS) is 17.4. The van der Waals surface area contributed by atoms with Crippen molar-refractivity contribution < 1.29 is 13.2 Å². The van der Waals surface area contributed by atoms with E-state index < -0.39 is 16.1 Å². The Hall–Kier alpha value is -2.22. The first-order valence-electron chi connectivity index (χ1n) is 11.4. The van der Waals surface area contributed by atoms with Crippen LogP contribution in [0, 0.1) is 0 Å². The molecule has 0 saturated carbocycles. The molecule has 2 aromatic rings. The molecule has 1 atom stereocenters. The average Bonchev–Trinajstić information content (AvgIpc) is 2.78. The van der Waals surface area contributed by atoms with E-state index in [1.807, 2.05) is 39.2 Å². The molecular formula is C25H35N3O3S. The van der Waals surface area contributed by atoms with E-state index in [0.717, 1.165) is 36.1 Å². The molecule has 1 unspecified atom stereocenters. The fourth-order valence-corrected chi connectivity index (χ4v) is 6.03. The fourth-order valence-electron chi connectivity index (χ4n) is 4.29. The predicted octanol–water partition coefficient (Wildman–Crippen LogP) is 3.63. The van der Waals surface area contributed by atoms with Crippen molar-refractivity contribution in [3.05, 3.63) is 59.7 Å². The molecule has 32 heavy (non-hydrogen) atoms.